The zero-order valence-electron chi connectivity index (χ0n) is 17.9. The number of nitrogens with zero attached hydrogens (tertiary/aromatic N) is 1. The molecule has 3 N–H and O–H groups in total. The summed E-state index contributed by atoms with van der Waals surface area (Å²) in [6, 6.07) is 15.1. The van der Waals surface area contributed by atoms with E-state index in [9.17, 15) is 4.79 Å². The molecule has 5 nitrogen and oxygen atoms in total. The van der Waals surface area contributed by atoms with E-state index < -0.39 is 5.97 Å². The van der Waals surface area contributed by atoms with Crippen LogP contribution in [-0.4, -0.2) is 27.3 Å². The van der Waals surface area contributed by atoms with Gasteiger partial charge in [0.2, 0.25) is 0 Å². The number of fused-ring (bicyclic) bond motifs is 3. The van der Waals surface area contributed by atoms with Crippen LogP contribution in [0.4, 0.5) is 0 Å². The van der Waals surface area contributed by atoms with E-state index in [1.807, 2.05) is 24.3 Å². The highest BCUT2D eigenvalue weighted by atomic mass is 16.4. The van der Waals surface area contributed by atoms with Crippen molar-refractivity contribution in [3.63, 3.8) is 0 Å². The first kappa shape index (κ1) is 20.0. The largest absolute Gasteiger partial charge is 0.481 e. The maximum absolute atomic E-state index is 10.9. The molecule has 1 fully saturated rings. The van der Waals surface area contributed by atoms with Crippen molar-refractivity contribution in [1.82, 2.24) is 15.5 Å². The predicted octanol–water partition coefficient (Wildman–Crippen LogP) is 4.94. The SMILES string of the molecule is CC1CCC(NCc2ccc3c(c2)Cc2c(-c4ccc(CC(=O)O)cc4)n[nH]c2-3)CC1. The lowest BCUT2D eigenvalue weighted by molar-refractivity contribution is -0.136. The van der Waals surface area contributed by atoms with Crippen molar-refractivity contribution >= 4 is 5.97 Å². The first-order valence-corrected chi connectivity index (χ1v) is 11.3. The molecule has 0 saturated heterocycles. The summed E-state index contributed by atoms with van der Waals surface area (Å²) >= 11 is 0. The molecule has 1 heterocycles. The van der Waals surface area contributed by atoms with Gasteiger partial charge in [0, 0.05) is 35.7 Å². The number of aliphatic carboxylic acids is 1. The van der Waals surface area contributed by atoms with Gasteiger partial charge < -0.3 is 10.4 Å². The molecule has 0 aliphatic heterocycles. The molecular weight excluding hydrogens is 386 g/mol. The second-order valence-electron chi connectivity index (χ2n) is 9.20. The van der Waals surface area contributed by atoms with Crippen molar-refractivity contribution < 1.29 is 9.90 Å². The third kappa shape index (κ3) is 4.15. The molecule has 0 bridgehead atoms. The van der Waals surface area contributed by atoms with Crippen LogP contribution in [0.5, 0.6) is 0 Å². The number of aromatic nitrogens is 2. The van der Waals surface area contributed by atoms with Gasteiger partial charge in [0.1, 0.15) is 0 Å². The summed E-state index contributed by atoms with van der Waals surface area (Å²) in [4.78, 5) is 10.9. The highest BCUT2D eigenvalue weighted by Crippen LogP contribution is 2.40. The monoisotopic (exact) mass is 415 g/mol. The van der Waals surface area contributed by atoms with Crippen molar-refractivity contribution in [3.05, 3.63) is 64.7 Å². The highest BCUT2D eigenvalue weighted by Gasteiger charge is 2.25. The van der Waals surface area contributed by atoms with E-state index in [2.05, 4.69) is 40.6 Å². The van der Waals surface area contributed by atoms with E-state index in [4.69, 9.17) is 5.11 Å². The van der Waals surface area contributed by atoms with Crippen LogP contribution in [0.25, 0.3) is 22.5 Å². The molecule has 0 radical (unpaired) electrons. The number of hydrogen-bond acceptors (Lipinski definition) is 3. The number of carboxylic acids is 1. The minimum absolute atomic E-state index is 0.0427. The average molecular weight is 416 g/mol. The lowest BCUT2D eigenvalue weighted by Crippen LogP contribution is -2.32. The van der Waals surface area contributed by atoms with Gasteiger partial charge in [0.15, 0.2) is 0 Å². The van der Waals surface area contributed by atoms with E-state index in [1.165, 1.54) is 47.9 Å². The third-order valence-electron chi connectivity index (χ3n) is 6.87. The molecule has 5 heteroatoms. The Bertz CT molecular complexity index is 1090. The van der Waals surface area contributed by atoms with E-state index >= 15 is 0 Å². The van der Waals surface area contributed by atoms with Gasteiger partial charge in [0.05, 0.1) is 17.8 Å². The van der Waals surface area contributed by atoms with Crippen molar-refractivity contribution in [2.75, 3.05) is 0 Å². The highest BCUT2D eigenvalue weighted by molar-refractivity contribution is 5.81. The van der Waals surface area contributed by atoms with Crippen LogP contribution in [0, 0.1) is 5.92 Å². The van der Waals surface area contributed by atoms with Gasteiger partial charge in [-0.2, -0.15) is 5.10 Å². The molecule has 5 rings (SSSR count). The predicted molar refractivity (Wildman–Crippen MR) is 122 cm³/mol. The number of aromatic amines is 1. The van der Waals surface area contributed by atoms with E-state index in [-0.39, 0.29) is 6.42 Å². The smallest absolute Gasteiger partial charge is 0.307 e. The van der Waals surface area contributed by atoms with Gasteiger partial charge >= 0.3 is 5.97 Å². The second kappa shape index (κ2) is 8.31. The molecule has 31 heavy (non-hydrogen) atoms. The summed E-state index contributed by atoms with van der Waals surface area (Å²) in [6.45, 7) is 3.29. The van der Waals surface area contributed by atoms with Crippen molar-refractivity contribution in [3.8, 4) is 22.5 Å². The van der Waals surface area contributed by atoms with E-state index in [1.54, 1.807) is 0 Å². The maximum atomic E-state index is 10.9. The summed E-state index contributed by atoms with van der Waals surface area (Å²) in [7, 11) is 0. The van der Waals surface area contributed by atoms with Crippen molar-refractivity contribution in [1.29, 1.82) is 0 Å². The van der Waals surface area contributed by atoms with Crippen LogP contribution in [0.15, 0.2) is 42.5 Å². The minimum atomic E-state index is -0.813. The Morgan fingerprint density at radius 3 is 2.58 bits per heavy atom. The zero-order valence-corrected chi connectivity index (χ0v) is 17.9. The Kier molecular flexibility index (Phi) is 5.36. The van der Waals surface area contributed by atoms with Crippen LogP contribution in [0.1, 0.15) is 54.9 Å². The Hall–Kier alpha value is -2.92. The molecule has 0 atom stereocenters. The molecule has 2 aliphatic carbocycles. The van der Waals surface area contributed by atoms with E-state index in [0.717, 1.165) is 41.4 Å². The lowest BCUT2D eigenvalue weighted by atomic mass is 9.87. The molecular formula is C26H29N3O2. The number of carboxylic acid groups (broad SMARTS) is 1. The molecule has 2 aliphatic rings. The van der Waals surface area contributed by atoms with Crippen LogP contribution < -0.4 is 5.32 Å². The molecule has 160 valence electrons. The van der Waals surface area contributed by atoms with E-state index in [0.29, 0.717) is 6.04 Å². The molecule has 3 aromatic rings. The summed E-state index contributed by atoms with van der Waals surface area (Å²) < 4.78 is 0. The summed E-state index contributed by atoms with van der Waals surface area (Å²) in [5.41, 5.74) is 9.06. The topological polar surface area (TPSA) is 78.0 Å². The van der Waals surface area contributed by atoms with Gasteiger partial charge in [-0.1, -0.05) is 49.4 Å². The maximum Gasteiger partial charge on any atom is 0.307 e. The molecule has 1 saturated carbocycles. The van der Waals surface area contributed by atoms with Crippen LogP contribution >= 0.6 is 0 Å². The van der Waals surface area contributed by atoms with Crippen LogP contribution in [0.3, 0.4) is 0 Å². The van der Waals surface area contributed by atoms with Gasteiger partial charge in [0.25, 0.3) is 0 Å². The van der Waals surface area contributed by atoms with Gasteiger partial charge in [-0.3, -0.25) is 9.89 Å². The summed E-state index contributed by atoms with van der Waals surface area (Å²) in [5, 5.41) is 20.5. The van der Waals surface area contributed by atoms with Gasteiger partial charge in [-0.15, -0.1) is 0 Å². The Balaban J connectivity index is 1.30. The number of benzene rings is 2. The molecule has 0 unspecified atom stereocenters. The first-order valence-electron chi connectivity index (χ1n) is 11.3. The number of hydrogen-bond donors (Lipinski definition) is 3. The molecule has 2 aromatic carbocycles. The summed E-state index contributed by atoms with van der Waals surface area (Å²) in [5.74, 6) is 0.0652. The van der Waals surface area contributed by atoms with Crippen LogP contribution in [-0.2, 0) is 24.2 Å². The van der Waals surface area contributed by atoms with Gasteiger partial charge in [-0.05, 0) is 48.3 Å². The van der Waals surface area contributed by atoms with Crippen molar-refractivity contribution in [2.45, 2.75) is 58.0 Å². The van der Waals surface area contributed by atoms with Gasteiger partial charge in [-0.25, -0.2) is 0 Å². The quantitative estimate of drug-likeness (QED) is 0.417. The lowest BCUT2D eigenvalue weighted by Gasteiger charge is -2.27. The molecule has 1 aromatic heterocycles. The minimum Gasteiger partial charge on any atom is -0.481 e. The van der Waals surface area contributed by atoms with Crippen LogP contribution in [0.2, 0.25) is 0 Å². The number of nitrogens with one attached hydrogen (secondary N) is 2. The third-order valence-corrected chi connectivity index (χ3v) is 6.87. The average Bonchev–Trinajstić information content (AvgIpc) is 3.32. The first-order chi connectivity index (χ1) is 15.1. The number of carbonyl (C=O) groups is 1. The Morgan fingerprint density at radius 1 is 1.10 bits per heavy atom. The Labute approximate surface area is 182 Å². The number of rotatable bonds is 6. The zero-order chi connectivity index (χ0) is 21.4. The fourth-order valence-electron chi connectivity index (χ4n) is 5.02. The van der Waals surface area contributed by atoms with Crippen molar-refractivity contribution in [2.24, 2.45) is 5.92 Å². The normalized spacial score (nSPS) is 19.8. The Morgan fingerprint density at radius 2 is 1.84 bits per heavy atom. The fourth-order valence-corrected chi connectivity index (χ4v) is 5.02. The molecule has 0 amide bonds. The fraction of sp³-hybridized carbons (Fsp3) is 0.385. The standard InChI is InChI=1S/C26H29N3O2/c1-16-2-9-21(10-3-16)27-15-18-6-11-22-20(12-18)14-23-25(28-29-26(22)23)19-7-4-17(5-8-19)13-24(30)31/h4-8,11-12,16,21,27H,2-3,9-10,13-15H2,1H3,(H,28,29)(H,30,31). The summed E-state index contributed by atoms with van der Waals surface area (Å²) in [6.07, 6.45) is 6.17. The second-order valence-corrected chi connectivity index (χ2v) is 9.20. The molecule has 0 spiro atoms. The number of H-pyrrole nitrogens is 1.